The summed E-state index contributed by atoms with van der Waals surface area (Å²) in [6.07, 6.45) is 0.0462. The lowest BCUT2D eigenvalue weighted by Gasteiger charge is -2.56. The van der Waals surface area contributed by atoms with E-state index in [1.807, 2.05) is 6.07 Å². The molecule has 8 rings (SSSR count). The molecule has 2 bridgehead atoms. The van der Waals surface area contributed by atoms with Gasteiger partial charge in [0.05, 0.1) is 19.0 Å². The Balaban J connectivity index is 1.39. The summed E-state index contributed by atoms with van der Waals surface area (Å²) in [5, 5.41) is 0. The van der Waals surface area contributed by atoms with Gasteiger partial charge in [-0.05, 0) is 54.5 Å². The molecule has 5 aliphatic rings. The highest BCUT2D eigenvalue weighted by molar-refractivity contribution is 6.10. The van der Waals surface area contributed by atoms with E-state index in [1.165, 1.54) is 34.1 Å². The van der Waals surface area contributed by atoms with Gasteiger partial charge in [0.25, 0.3) is 11.8 Å². The maximum Gasteiger partial charge on any atom is 0.346 e. The van der Waals surface area contributed by atoms with Crippen molar-refractivity contribution in [1.82, 2.24) is 4.98 Å². The molecule has 3 fully saturated rings. The van der Waals surface area contributed by atoms with Gasteiger partial charge in [0.1, 0.15) is 47.7 Å². The molecule has 4 unspecified atom stereocenters. The Morgan fingerprint density at radius 1 is 1.00 bits per heavy atom. The maximum atomic E-state index is 14.8. The van der Waals surface area contributed by atoms with Gasteiger partial charge in [0.15, 0.2) is 6.04 Å². The molecular formula is C32H27F4N4O3+. The molecule has 0 radical (unpaired) electrons. The van der Waals surface area contributed by atoms with Crippen LogP contribution in [0.2, 0.25) is 0 Å². The molecule has 43 heavy (non-hydrogen) atoms. The lowest BCUT2D eigenvalue weighted by atomic mass is 9.76. The van der Waals surface area contributed by atoms with Crippen molar-refractivity contribution in [2.45, 2.75) is 55.6 Å². The number of anilines is 2. The Morgan fingerprint density at radius 2 is 1.74 bits per heavy atom. The minimum absolute atomic E-state index is 0.00229. The first kappa shape index (κ1) is 27.5. The van der Waals surface area contributed by atoms with E-state index in [0.29, 0.717) is 11.3 Å². The number of pyridine rings is 1. The van der Waals surface area contributed by atoms with E-state index in [2.05, 4.69) is 11.6 Å². The number of carbonyl (C=O) groups excluding carboxylic acids is 3. The molecule has 5 heterocycles. The predicted octanol–water partition coefficient (Wildman–Crippen LogP) is 5.40. The Labute approximate surface area is 244 Å². The lowest BCUT2D eigenvalue weighted by Crippen LogP contribution is -2.73. The normalized spacial score (nSPS) is 27.7. The quantitative estimate of drug-likeness (QED) is 0.295. The van der Waals surface area contributed by atoms with Crippen molar-refractivity contribution in [3.05, 3.63) is 102 Å². The van der Waals surface area contributed by atoms with Crippen molar-refractivity contribution in [3.63, 3.8) is 0 Å². The minimum Gasteiger partial charge on any atom is -0.290 e. The van der Waals surface area contributed by atoms with E-state index in [0.717, 1.165) is 23.9 Å². The van der Waals surface area contributed by atoms with Crippen LogP contribution in [0.15, 0.2) is 79.1 Å². The van der Waals surface area contributed by atoms with Crippen LogP contribution >= 0.6 is 0 Å². The van der Waals surface area contributed by atoms with Gasteiger partial charge in [-0.3, -0.25) is 19.4 Å². The molecule has 4 aliphatic heterocycles. The molecule has 2 saturated heterocycles. The molecule has 1 aromatic heterocycles. The summed E-state index contributed by atoms with van der Waals surface area (Å²) in [5.74, 6) is -5.97. The number of carbonyl (C=O) groups is 3. The summed E-state index contributed by atoms with van der Waals surface area (Å²) in [6, 6.07) is 11.6. The van der Waals surface area contributed by atoms with Crippen molar-refractivity contribution >= 4 is 29.2 Å². The van der Waals surface area contributed by atoms with Gasteiger partial charge >= 0.3 is 5.91 Å². The maximum absolute atomic E-state index is 14.8. The first-order valence-corrected chi connectivity index (χ1v) is 14.1. The minimum atomic E-state index is -2.90. The van der Waals surface area contributed by atoms with Crippen LogP contribution in [0.1, 0.15) is 48.8 Å². The van der Waals surface area contributed by atoms with Gasteiger partial charge in [-0.2, -0.15) is 0 Å². The van der Waals surface area contributed by atoms with Crippen molar-refractivity contribution < 1.29 is 36.4 Å². The van der Waals surface area contributed by atoms with Gasteiger partial charge in [-0.1, -0.05) is 30.3 Å². The van der Waals surface area contributed by atoms with E-state index in [-0.39, 0.29) is 41.3 Å². The summed E-state index contributed by atoms with van der Waals surface area (Å²) in [5.41, 5.74) is 1.82. The SMILES string of the molecule is C=C1C2C[N+]1(C1CC(F)(F)C1)C(=O)C(N(C(=O)C1CCC(=O)N1c1ccc(F)cn1)c1cccc(F)c1)c1ccccc12. The second kappa shape index (κ2) is 9.57. The standard InChI is InChI=1S/C32H27F4N4O3/c1-18-25-17-40(18,22-14-32(35,36)15-22)31(43)29(24-8-3-2-7-23(24)25)38(21-6-4-5-19(33)13-21)30(42)26-10-12-28(41)39(26)27-11-9-20(34)16-37-27/h2-9,11,13,16,22,25-26,29H,1,10,12,14-15,17H2/q+1. The van der Waals surface area contributed by atoms with Crippen molar-refractivity contribution in [3.8, 4) is 0 Å². The number of alkyl halides is 2. The highest BCUT2D eigenvalue weighted by atomic mass is 19.3. The predicted molar refractivity (Wildman–Crippen MR) is 148 cm³/mol. The van der Waals surface area contributed by atoms with Crippen molar-refractivity contribution in [2.24, 2.45) is 0 Å². The third-order valence-electron chi connectivity index (χ3n) is 9.41. The van der Waals surface area contributed by atoms with Gasteiger partial charge in [-0.25, -0.2) is 31.8 Å². The average molecular weight is 592 g/mol. The third-order valence-corrected chi connectivity index (χ3v) is 9.41. The third kappa shape index (κ3) is 4.05. The molecule has 220 valence electrons. The summed E-state index contributed by atoms with van der Waals surface area (Å²) < 4.78 is 56.4. The molecule has 11 heteroatoms. The fraction of sp³-hybridized carbons (Fsp3) is 0.312. The Hall–Kier alpha value is -4.38. The molecule has 1 aliphatic carbocycles. The molecule has 4 atom stereocenters. The van der Waals surface area contributed by atoms with Gasteiger partial charge < -0.3 is 0 Å². The van der Waals surface area contributed by atoms with E-state index in [4.69, 9.17) is 0 Å². The Kier molecular flexibility index (Phi) is 6.11. The number of hydrogen-bond donors (Lipinski definition) is 0. The van der Waals surface area contributed by atoms with E-state index in [1.54, 1.807) is 18.2 Å². The molecule has 3 amide bonds. The number of rotatable bonds is 5. The molecule has 2 aromatic carbocycles. The first-order valence-electron chi connectivity index (χ1n) is 14.1. The van der Waals surface area contributed by atoms with Crippen molar-refractivity contribution in [1.29, 1.82) is 0 Å². The zero-order chi connectivity index (χ0) is 30.3. The molecule has 7 nitrogen and oxygen atoms in total. The lowest BCUT2D eigenvalue weighted by molar-refractivity contribution is -0.889. The molecule has 0 spiro atoms. The van der Waals surface area contributed by atoms with Crippen molar-refractivity contribution in [2.75, 3.05) is 16.3 Å². The fourth-order valence-corrected chi connectivity index (χ4v) is 7.27. The molecule has 0 N–H and O–H groups in total. The largest absolute Gasteiger partial charge is 0.346 e. The van der Waals surface area contributed by atoms with E-state index >= 15 is 0 Å². The summed E-state index contributed by atoms with van der Waals surface area (Å²) in [7, 11) is 0. The zero-order valence-electron chi connectivity index (χ0n) is 22.9. The number of hydrogen-bond acceptors (Lipinski definition) is 4. The number of benzene rings is 2. The fourth-order valence-electron chi connectivity index (χ4n) is 7.27. The first-order chi connectivity index (χ1) is 20.5. The van der Waals surface area contributed by atoms with Crippen LogP contribution in [0.3, 0.4) is 0 Å². The Bertz CT molecular complexity index is 1690. The van der Waals surface area contributed by atoms with Gasteiger partial charge in [-0.15, -0.1) is 0 Å². The number of fused-ring (bicyclic) bond motifs is 1. The summed E-state index contributed by atoms with van der Waals surface area (Å²) in [4.78, 5) is 49.0. The molecule has 1 saturated carbocycles. The second-order valence-electron chi connectivity index (χ2n) is 11.7. The van der Waals surface area contributed by atoms with Crippen LogP contribution in [0.25, 0.3) is 0 Å². The average Bonchev–Trinajstić information content (AvgIpc) is 3.28. The highest BCUT2D eigenvalue weighted by Crippen LogP contribution is 2.59. The van der Waals surface area contributed by atoms with Crippen LogP contribution in [-0.2, 0) is 14.4 Å². The number of halogens is 4. The van der Waals surface area contributed by atoms with E-state index < -0.39 is 66.2 Å². The van der Waals surface area contributed by atoms with Crippen LogP contribution < -0.4 is 9.80 Å². The van der Waals surface area contributed by atoms with Crippen LogP contribution in [0.4, 0.5) is 29.1 Å². The summed E-state index contributed by atoms with van der Waals surface area (Å²) >= 11 is 0. The monoisotopic (exact) mass is 591 g/mol. The second-order valence-corrected chi connectivity index (χ2v) is 11.7. The van der Waals surface area contributed by atoms with Crippen LogP contribution in [0, 0.1) is 11.6 Å². The van der Waals surface area contributed by atoms with E-state index in [9.17, 15) is 31.9 Å². The smallest absolute Gasteiger partial charge is 0.290 e. The number of nitrogens with zero attached hydrogens (tertiary/aromatic N) is 4. The highest BCUT2D eigenvalue weighted by Gasteiger charge is 2.70. The Morgan fingerprint density at radius 3 is 2.40 bits per heavy atom. The molecule has 3 aromatic rings. The topological polar surface area (TPSA) is 70.6 Å². The number of quaternary nitrogens is 1. The number of amides is 3. The number of aromatic nitrogens is 1. The zero-order valence-corrected chi connectivity index (χ0v) is 22.9. The van der Waals surface area contributed by atoms with Crippen LogP contribution in [0.5, 0.6) is 0 Å². The van der Waals surface area contributed by atoms with Gasteiger partial charge in [0.2, 0.25) is 5.91 Å². The van der Waals surface area contributed by atoms with Gasteiger partial charge in [0, 0.05) is 12.1 Å². The van der Waals surface area contributed by atoms with Crippen LogP contribution in [-0.4, -0.2) is 51.7 Å². The molecular weight excluding hydrogens is 564 g/mol. The summed E-state index contributed by atoms with van der Waals surface area (Å²) in [6.45, 7) is 4.44.